The molecule has 4 saturated heterocycles. The van der Waals surface area contributed by atoms with Crippen molar-refractivity contribution in [1.29, 1.82) is 0 Å². The van der Waals surface area contributed by atoms with E-state index in [1.807, 2.05) is 18.2 Å². The largest absolute Gasteiger partial charge is 0.322 e. The second-order valence-corrected chi connectivity index (χ2v) is 14.1. The van der Waals surface area contributed by atoms with E-state index < -0.39 is 6.04 Å². The monoisotopic (exact) mass is 584 g/mol. The molecule has 7 nitrogen and oxygen atoms in total. The van der Waals surface area contributed by atoms with E-state index in [4.69, 9.17) is 0 Å². The number of carbonyl (C=O) groups excluding carboxylic acids is 3. The van der Waals surface area contributed by atoms with E-state index in [0.29, 0.717) is 30.6 Å². The molecule has 0 radical (unpaired) electrons. The van der Waals surface area contributed by atoms with Crippen LogP contribution in [0.25, 0.3) is 5.57 Å². The van der Waals surface area contributed by atoms with Crippen LogP contribution < -0.4 is 5.32 Å². The zero-order valence-electron chi connectivity index (χ0n) is 25.2. The van der Waals surface area contributed by atoms with Gasteiger partial charge in [-0.1, -0.05) is 43.7 Å². The Morgan fingerprint density at radius 2 is 1.63 bits per heavy atom. The Hall–Kier alpha value is -3.36. The first-order valence-corrected chi connectivity index (χ1v) is 15.8. The van der Waals surface area contributed by atoms with Crippen molar-refractivity contribution in [3.63, 3.8) is 0 Å². The average molecular weight is 585 g/mol. The van der Waals surface area contributed by atoms with Crippen LogP contribution in [0, 0.1) is 11.2 Å². The number of halogens is 1. The Morgan fingerprint density at radius 1 is 0.907 bits per heavy atom. The summed E-state index contributed by atoms with van der Waals surface area (Å²) >= 11 is 0. The number of carbonyl (C=O) groups is 3. The third-order valence-corrected chi connectivity index (χ3v) is 10.5. The first kappa shape index (κ1) is 28.4. The summed E-state index contributed by atoms with van der Waals surface area (Å²) in [6, 6.07) is 13.6. The fourth-order valence-electron chi connectivity index (χ4n) is 8.06. The van der Waals surface area contributed by atoms with Gasteiger partial charge in [0.15, 0.2) is 0 Å². The summed E-state index contributed by atoms with van der Waals surface area (Å²) in [6.45, 7) is 9.04. The number of rotatable bonds is 6. The average Bonchev–Trinajstić information content (AvgIpc) is 3.30. The molecule has 1 N–H and O–H groups in total. The highest BCUT2D eigenvalue weighted by Crippen LogP contribution is 2.44. The van der Waals surface area contributed by atoms with Gasteiger partial charge in [-0.05, 0) is 84.4 Å². The zero-order valence-corrected chi connectivity index (χ0v) is 25.2. The van der Waals surface area contributed by atoms with E-state index in [2.05, 4.69) is 41.1 Å². The van der Waals surface area contributed by atoms with Crippen LogP contribution in [0.2, 0.25) is 0 Å². The SMILES string of the molecule is CC1(C)CCC(CN2CC3CCC2CN3Cc2ccc3c(c2)CN(C2CCC(=O)NC2=O)C3=O)=C(c2ccc(F)cc2)C1. The summed E-state index contributed by atoms with van der Waals surface area (Å²) in [6.07, 6.45) is 6.37. The number of benzene rings is 2. The Balaban J connectivity index is 1.03. The normalized spacial score (nSPS) is 27.6. The number of piperidine rings is 3. The lowest BCUT2D eigenvalue weighted by atomic mass is 9.72. The minimum absolute atomic E-state index is 0.121. The number of nitrogens with zero attached hydrogens (tertiary/aromatic N) is 3. The maximum Gasteiger partial charge on any atom is 0.255 e. The molecule has 8 heteroatoms. The molecule has 0 saturated carbocycles. The van der Waals surface area contributed by atoms with Crippen molar-refractivity contribution in [2.75, 3.05) is 19.6 Å². The smallest absolute Gasteiger partial charge is 0.255 e. The van der Waals surface area contributed by atoms with E-state index in [1.54, 1.807) is 17.0 Å². The second kappa shape index (κ2) is 11.0. The van der Waals surface area contributed by atoms with Crippen molar-refractivity contribution in [3.8, 4) is 0 Å². The van der Waals surface area contributed by atoms with Gasteiger partial charge in [0.1, 0.15) is 11.9 Å². The molecule has 8 rings (SSSR count). The maximum atomic E-state index is 13.7. The zero-order chi connectivity index (χ0) is 29.9. The first-order valence-electron chi connectivity index (χ1n) is 15.8. The van der Waals surface area contributed by atoms with Crippen molar-refractivity contribution >= 4 is 23.3 Å². The van der Waals surface area contributed by atoms with E-state index in [0.717, 1.165) is 44.6 Å². The van der Waals surface area contributed by atoms with Crippen LogP contribution in [0.5, 0.6) is 0 Å². The van der Waals surface area contributed by atoms with Gasteiger partial charge in [-0.2, -0.15) is 0 Å². The molecule has 43 heavy (non-hydrogen) atoms. The molecule has 0 spiro atoms. The van der Waals surface area contributed by atoms with E-state index in [9.17, 15) is 18.8 Å². The molecule has 0 aromatic heterocycles. The third-order valence-electron chi connectivity index (χ3n) is 10.5. The van der Waals surface area contributed by atoms with Crippen molar-refractivity contribution in [2.45, 2.75) is 90.0 Å². The molecule has 2 aromatic rings. The van der Waals surface area contributed by atoms with Crippen LogP contribution in [0.15, 0.2) is 48.0 Å². The first-order chi connectivity index (χ1) is 20.6. The van der Waals surface area contributed by atoms with E-state index >= 15 is 0 Å². The third kappa shape index (κ3) is 5.55. The topological polar surface area (TPSA) is 73.0 Å². The molecular formula is C35H41FN4O3. The molecule has 3 unspecified atom stereocenters. The maximum absolute atomic E-state index is 13.7. The lowest BCUT2D eigenvalue weighted by Gasteiger charge is -2.52. The summed E-state index contributed by atoms with van der Waals surface area (Å²) in [7, 11) is 0. The number of allylic oxidation sites excluding steroid dienone is 1. The van der Waals surface area contributed by atoms with Crippen molar-refractivity contribution in [3.05, 3.63) is 76.1 Å². The summed E-state index contributed by atoms with van der Waals surface area (Å²) < 4.78 is 13.7. The second-order valence-electron chi connectivity index (χ2n) is 14.1. The van der Waals surface area contributed by atoms with Crippen molar-refractivity contribution < 1.29 is 18.8 Å². The fourth-order valence-corrected chi connectivity index (χ4v) is 8.06. The van der Waals surface area contributed by atoms with Crippen molar-refractivity contribution in [2.24, 2.45) is 5.41 Å². The molecule has 3 atom stereocenters. The van der Waals surface area contributed by atoms with Crippen LogP contribution in [0.4, 0.5) is 4.39 Å². The van der Waals surface area contributed by atoms with Crippen LogP contribution >= 0.6 is 0 Å². The van der Waals surface area contributed by atoms with Crippen LogP contribution in [0.1, 0.15) is 85.8 Å². The molecule has 6 aliphatic rings. The van der Waals surface area contributed by atoms with Gasteiger partial charge in [0.05, 0.1) is 0 Å². The van der Waals surface area contributed by atoms with Crippen LogP contribution in [-0.2, 0) is 22.7 Å². The Morgan fingerprint density at radius 3 is 2.33 bits per heavy atom. The minimum Gasteiger partial charge on any atom is -0.322 e. The number of nitrogens with one attached hydrogen (secondary N) is 1. The summed E-state index contributed by atoms with van der Waals surface area (Å²) in [5.41, 5.74) is 7.19. The molecule has 3 amide bonds. The van der Waals surface area contributed by atoms with Gasteiger partial charge in [0, 0.05) is 56.8 Å². The van der Waals surface area contributed by atoms with Crippen LogP contribution in [0.3, 0.4) is 0 Å². The number of fused-ring (bicyclic) bond motifs is 4. The summed E-state index contributed by atoms with van der Waals surface area (Å²) in [5, 5.41) is 2.38. The summed E-state index contributed by atoms with van der Waals surface area (Å²) in [5.74, 6) is -0.945. The molecule has 226 valence electrons. The quantitative estimate of drug-likeness (QED) is 0.489. The highest BCUT2D eigenvalue weighted by Gasteiger charge is 2.41. The van der Waals surface area contributed by atoms with Gasteiger partial charge in [-0.3, -0.25) is 29.5 Å². The molecular weight excluding hydrogens is 543 g/mol. The van der Waals surface area contributed by atoms with Gasteiger partial charge in [-0.25, -0.2) is 4.39 Å². The predicted molar refractivity (Wildman–Crippen MR) is 162 cm³/mol. The predicted octanol–water partition coefficient (Wildman–Crippen LogP) is 4.90. The van der Waals surface area contributed by atoms with Gasteiger partial charge in [0.25, 0.3) is 5.91 Å². The highest BCUT2D eigenvalue weighted by atomic mass is 19.1. The number of imide groups is 1. The van der Waals surface area contributed by atoms with Crippen LogP contribution in [-0.4, -0.2) is 70.2 Å². The number of hydrogen-bond donors (Lipinski definition) is 1. The molecule has 1 aliphatic carbocycles. The van der Waals surface area contributed by atoms with E-state index in [1.165, 1.54) is 41.5 Å². The van der Waals surface area contributed by atoms with Gasteiger partial charge in [0.2, 0.25) is 11.8 Å². The molecule has 5 heterocycles. The Bertz CT molecular complexity index is 1500. The lowest BCUT2D eigenvalue weighted by molar-refractivity contribution is -0.136. The summed E-state index contributed by atoms with van der Waals surface area (Å²) in [4.78, 5) is 44.1. The molecule has 4 fully saturated rings. The number of piperazine rings is 1. The minimum atomic E-state index is -0.584. The van der Waals surface area contributed by atoms with Gasteiger partial charge < -0.3 is 4.90 Å². The van der Waals surface area contributed by atoms with Gasteiger partial charge in [-0.15, -0.1) is 0 Å². The standard InChI is InChI=1S/C35H41FN4O3/c1-35(2)14-13-24(30(16-35)23-4-6-26(36)7-5-23)18-39-21-27-8-9-28(39)20-38(27)17-22-3-10-29-25(15-22)19-40(34(29)43)31-11-12-32(41)37-33(31)42/h3-7,10,15,27-28,31H,8-9,11-14,16-21H2,1-2H3,(H,37,41,42). The highest BCUT2D eigenvalue weighted by molar-refractivity contribution is 6.05. The van der Waals surface area contributed by atoms with Crippen molar-refractivity contribution in [1.82, 2.24) is 20.0 Å². The molecule has 2 bridgehead atoms. The Labute approximate surface area is 253 Å². The Kier molecular flexibility index (Phi) is 7.25. The molecule has 5 aliphatic heterocycles. The molecule has 2 aromatic carbocycles. The van der Waals surface area contributed by atoms with E-state index in [-0.39, 0.29) is 35.4 Å². The number of amides is 3. The number of hydrogen-bond acceptors (Lipinski definition) is 5. The lowest BCUT2D eigenvalue weighted by Crippen LogP contribution is -2.62. The fraction of sp³-hybridized carbons (Fsp3) is 0.514. The van der Waals surface area contributed by atoms with Gasteiger partial charge >= 0.3 is 0 Å².